The maximum Gasteiger partial charge on any atom is 0.315 e. The molecule has 0 bridgehead atoms. The predicted octanol–water partition coefficient (Wildman–Crippen LogP) is 2.51. The number of rotatable bonds is 4. The van der Waals surface area contributed by atoms with E-state index in [1.54, 1.807) is 0 Å². The second-order valence-corrected chi connectivity index (χ2v) is 6.78. The van der Waals surface area contributed by atoms with Crippen molar-refractivity contribution in [3.63, 3.8) is 0 Å². The van der Waals surface area contributed by atoms with Crippen molar-refractivity contribution in [2.24, 2.45) is 11.8 Å². The van der Waals surface area contributed by atoms with Crippen molar-refractivity contribution < 1.29 is 14.7 Å². The molecule has 2 fully saturated rings. The maximum absolute atomic E-state index is 12.1. The molecule has 5 nitrogen and oxygen atoms in total. The lowest BCUT2D eigenvalue weighted by molar-refractivity contribution is -0.142. The highest BCUT2D eigenvalue weighted by atomic mass is 16.4. The Labute approximate surface area is 120 Å². The lowest BCUT2D eigenvalue weighted by Gasteiger charge is -2.29. The molecule has 0 spiro atoms. The number of hydrogen-bond acceptors (Lipinski definition) is 2. The average Bonchev–Trinajstić information content (AvgIpc) is 3.15. The monoisotopic (exact) mass is 282 g/mol. The summed E-state index contributed by atoms with van der Waals surface area (Å²) in [6, 6.07) is -0.468. The van der Waals surface area contributed by atoms with Gasteiger partial charge in [-0.1, -0.05) is 19.3 Å². The first-order valence-corrected chi connectivity index (χ1v) is 7.71. The van der Waals surface area contributed by atoms with Gasteiger partial charge in [0.25, 0.3) is 0 Å². The Kier molecular flexibility index (Phi) is 4.55. The fraction of sp³-hybridized carbons (Fsp3) is 0.867. The maximum atomic E-state index is 12.1. The molecule has 2 saturated carbocycles. The zero-order valence-corrected chi connectivity index (χ0v) is 12.4. The smallest absolute Gasteiger partial charge is 0.315 e. The van der Waals surface area contributed by atoms with Gasteiger partial charge in [-0.05, 0) is 45.4 Å². The molecule has 5 heteroatoms. The summed E-state index contributed by atoms with van der Waals surface area (Å²) in [5.41, 5.74) is -0.201. The van der Waals surface area contributed by atoms with Gasteiger partial charge in [0, 0.05) is 11.6 Å². The zero-order chi connectivity index (χ0) is 14.8. The number of hydrogen-bond donors (Lipinski definition) is 3. The van der Waals surface area contributed by atoms with Crippen LogP contribution in [0.2, 0.25) is 0 Å². The minimum Gasteiger partial charge on any atom is -0.481 e. The normalized spacial score (nSPS) is 27.5. The Bertz CT molecular complexity index is 377. The second-order valence-electron chi connectivity index (χ2n) is 6.78. The van der Waals surface area contributed by atoms with Crippen molar-refractivity contribution in [3.05, 3.63) is 0 Å². The van der Waals surface area contributed by atoms with Crippen LogP contribution in [0.25, 0.3) is 0 Å². The van der Waals surface area contributed by atoms with Gasteiger partial charge in [0.05, 0.1) is 5.92 Å². The van der Waals surface area contributed by atoms with Crippen molar-refractivity contribution in [3.8, 4) is 0 Å². The molecule has 0 aromatic carbocycles. The Morgan fingerprint density at radius 2 is 1.70 bits per heavy atom. The number of carboxylic acid groups (broad SMARTS) is 1. The van der Waals surface area contributed by atoms with E-state index >= 15 is 0 Å². The van der Waals surface area contributed by atoms with E-state index in [1.165, 1.54) is 0 Å². The van der Waals surface area contributed by atoms with Crippen molar-refractivity contribution >= 4 is 12.0 Å². The fourth-order valence-corrected chi connectivity index (χ4v) is 3.18. The third kappa shape index (κ3) is 3.87. The molecule has 2 aliphatic rings. The number of carbonyl (C=O) groups excluding carboxylic acids is 1. The molecule has 0 aromatic heterocycles. The molecule has 2 rings (SSSR count). The van der Waals surface area contributed by atoms with Gasteiger partial charge < -0.3 is 15.7 Å². The highest BCUT2D eigenvalue weighted by Crippen LogP contribution is 2.39. The number of urea groups is 1. The molecule has 0 aliphatic heterocycles. The standard InChI is InChI=1S/C15H26N2O3/c1-15(2,10-8-9-10)17-14(20)16-12-7-5-3-4-6-11(12)13(18)19/h10-12H,3-9H2,1-2H3,(H,18,19)(H2,16,17,20). The average molecular weight is 282 g/mol. The van der Waals surface area contributed by atoms with Crippen molar-refractivity contribution in [2.75, 3.05) is 0 Å². The third-order valence-corrected chi connectivity index (χ3v) is 4.68. The number of aliphatic carboxylic acids is 1. The number of amides is 2. The van der Waals surface area contributed by atoms with Gasteiger partial charge in [-0.3, -0.25) is 4.79 Å². The van der Waals surface area contributed by atoms with Crippen molar-refractivity contribution in [1.82, 2.24) is 10.6 Å². The molecule has 3 N–H and O–H groups in total. The van der Waals surface area contributed by atoms with Crippen LogP contribution in [0.5, 0.6) is 0 Å². The molecule has 0 saturated heterocycles. The summed E-state index contributed by atoms with van der Waals surface area (Å²) in [6.07, 6.45) is 6.71. The molecule has 0 radical (unpaired) electrons. The van der Waals surface area contributed by atoms with E-state index in [4.69, 9.17) is 0 Å². The van der Waals surface area contributed by atoms with Crippen LogP contribution in [0, 0.1) is 11.8 Å². The summed E-state index contributed by atoms with van der Waals surface area (Å²) in [4.78, 5) is 23.5. The summed E-state index contributed by atoms with van der Waals surface area (Å²) < 4.78 is 0. The summed E-state index contributed by atoms with van der Waals surface area (Å²) in [7, 11) is 0. The summed E-state index contributed by atoms with van der Waals surface area (Å²) in [5.74, 6) is -0.691. The SMILES string of the molecule is CC(C)(NC(=O)NC1CCCCCC1C(=O)O)C1CC1. The van der Waals surface area contributed by atoms with Gasteiger partial charge in [-0.2, -0.15) is 0 Å². The van der Waals surface area contributed by atoms with Gasteiger partial charge in [-0.15, -0.1) is 0 Å². The van der Waals surface area contributed by atoms with Crippen LogP contribution in [0.1, 0.15) is 58.8 Å². The Hall–Kier alpha value is -1.26. The van der Waals surface area contributed by atoms with Crippen molar-refractivity contribution in [2.45, 2.75) is 70.4 Å². The van der Waals surface area contributed by atoms with Gasteiger partial charge >= 0.3 is 12.0 Å². The van der Waals surface area contributed by atoms with E-state index in [9.17, 15) is 14.7 Å². The highest BCUT2D eigenvalue weighted by Gasteiger charge is 2.39. The molecule has 2 aliphatic carbocycles. The number of carbonyl (C=O) groups is 2. The Morgan fingerprint density at radius 1 is 1.05 bits per heavy atom. The summed E-state index contributed by atoms with van der Waals surface area (Å²) in [6.45, 7) is 4.07. The first kappa shape index (κ1) is 15.1. The van der Waals surface area contributed by atoms with Gasteiger partial charge in [0.2, 0.25) is 0 Å². The molecule has 0 heterocycles. The molecule has 114 valence electrons. The van der Waals surface area contributed by atoms with Crippen molar-refractivity contribution in [1.29, 1.82) is 0 Å². The van der Waals surface area contributed by atoms with Crippen LogP contribution in [0.4, 0.5) is 4.79 Å². The van der Waals surface area contributed by atoms with Crippen LogP contribution in [-0.4, -0.2) is 28.7 Å². The third-order valence-electron chi connectivity index (χ3n) is 4.68. The quantitative estimate of drug-likeness (QED) is 0.693. The molecule has 2 atom stereocenters. The molecule has 2 unspecified atom stereocenters. The van der Waals surface area contributed by atoms with E-state index < -0.39 is 11.9 Å². The van der Waals surface area contributed by atoms with E-state index in [-0.39, 0.29) is 17.6 Å². The summed E-state index contributed by atoms with van der Waals surface area (Å²) >= 11 is 0. The van der Waals surface area contributed by atoms with E-state index in [2.05, 4.69) is 10.6 Å². The van der Waals surface area contributed by atoms with Crippen LogP contribution < -0.4 is 10.6 Å². The number of carboxylic acids is 1. The van der Waals surface area contributed by atoms with Crippen LogP contribution >= 0.6 is 0 Å². The lowest BCUT2D eigenvalue weighted by Crippen LogP contribution is -2.54. The van der Waals surface area contributed by atoms with Gasteiger partial charge in [0.1, 0.15) is 0 Å². The topological polar surface area (TPSA) is 78.4 Å². The minimum absolute atomic E-state index is 0.201. The van der Waals surface area contributed by atoms with E-state index in [0.29, 0.717) is 12.3 Å². The first-order chi connectivity index (χ1) is 9.40. The van der Waals surface area contributed by atoms with E-state index in [0.717, 1.165) is 38.5 Å². The van der Waals surface area contributed by atoms with E-state index in [1.807, 2.05) is 13.8 Å². The predicted molar refractivity (Wildman–Crippen MR) is 76.5 cm³/mol. The van der Waals surface area contributed by atoms with Gasteiger partial charge in [0.15, 0.2) is 0 Å². The van der Waals surface area contributed by atoms with Crippen LogP contribution in [-0.2, 0) is 4.79 Å². The molecular formula is C15H26N2O3. The molecule has 2 amide bonds. The Balaban J connectivity index is 1.91. The largest absolute Gasteiger partial charge is 0.481 e. The van der Waals surface area contributed by atoms with Crippen LogP contribution in [0.3, 0.4) is 0 Å². The molecule has 0 aromatic rings. The van der Waals surface area contributed by atoms with Crippen LogP contribution in [0.15, 0.2) is 0 Å². The van der Waals surface area contributed by atoms with Gasteiger partial charge in [-0.25, -0.2) is 4.79 Å². The first-order valence-electron chi connectivity index (χ1n) is 7.71. The molecular weight excluding hydrogens is 256 g/mol. The Morgan fingerprint density at radius 3 is 2.30 bits per heavy atom. The highest BCUT2D eigenvalue weighted by molar-refractivity contribution is 5.77. The molecule has 20 heavy (non-hydrogen) atoms. The number of nitrogens with one attached hydrogen (secondary N) is 2. The second kappa shape index (κ2) is 6.02. The minimum atomic E-state index is -0.793. The lowest BCUT2D eigenvalue weighted by atomic mass is 9.95. The fourth-order valence-electron chi connectivity index (χ4n) is 3.18. The zero-order valence-electron chi connectivity index (χ0n) is 12.4. The summed E-state index contributed by atoms with van der Waals surface area (Å²) in [5, 5.41) is 15.2.